The molecule has 3 rings (SSSR count). The fourth-order valence-electron chi connectivity index (χ4n) is 3.24. The number of ether oxygens (including phenoxy) is 2. The molecular weight excluding hydrogens is 280 g/mol. The van der Waals surface area contributed by atoms with E-state index in [-0.39, 0.29) is 6.10 Å². The van der Waals surface area contributed by atoms with Gasteiger partial charge in [-0.25, -0.2) is 0 Å². The van der Waals surface area contributed by atoms with Gasteiger partial charge >= 0.3 is 0 Å². The second-order valence-corrected chi connectivity index (χ2v) is 6.10. The van der Waals surface area contributed by atoms with Crippen molar-refractivity contribution in [2.75, 3.05) is 57.4 Å². The third-order valence-corrected chi connectivity index (χ3v) is 4.45. The summed E-state index contributed by atoms with van der Waals surface area (Å²) in [6.07, 6.45) is 3.14. The Labute approximate surface area is 132 Å². The molecule has 0 spiro atoms. The Kier molecular flexibility index (Phi) is 5.58. The fraction of sp³-hybridized carbons (Fsp3) is 0.750. The molecule has 0 aromatic carbocycles. The van der Waals surface area contributed by atoms with E-state index >= 15 is 0 Å². The normalized spacial score (nSPS) is 26.2. The highest BCUT2D eigenvalue weighted by Crippen LogP contribution is 2.17. The van der Waals surface area contributed by atoms with Crippen molar-refractivity contribution in [1.29, 1.82) is 0 Å². The molecule has 0 aliphatic carbocycles. The van der Waals surface area contributed by atoms with Crippen LogP contribution < -0.4 is 4.90 Å². The van der Waals surface area contributed by atoms with Gasteiger partial charge in [0.05, 0.1) is 19.3 Å². The van der Waals surface area contributed by atoms with Gasteiger partial charge in [0.25, 0.3) is 0 Å². The van der Waals surface area contributed by atoms with Gasteiger partial charge in [0, 0.05) is 45.5 Å². The SMILES string of the molecule is CCN(C[C@@H]1CN(C[C@@H]2CCOC2)CCO1)c1cccnn1. The summed E-state index contributed by atoms with van der Waals surface area (Å²) in [4.78, 5) is 4.76. The maximum atomic E-state index is 5.96. The van der Waals surface area contributed by atoms with E-state index in [0.717, 1.165) is 58.4 Å². The smallest absolute Gasteiger partial charge is 0.151 e. The van der Waals surface area contributed by atoms with E-state index in [0.29, 0.717) is 5.92 Å². The number of rotatable bonds is 6. The van der Waals surface area contributed by atoms with Crippen LogP contribution in [0.1, 0.15) is 13.3 Å². The molecule has 2 aliphatic heterocycles. The molecule has 122 valence electrons. The van der Waals surface area contributed by atoms with E-state index in [4.69, 9.17) is 9.47 Å². The van der Waals surface area contributed by atoms with Gasteiger partial charge in [-0.2, -0.15) is 5.10 Å². The van der Waals surface area contributed by atoms with Gasteiger partial charge in [-0.15, -0.1) is 5.10 Å². The van der Waals surface area contributed by atoms with Gasteiger partial charge in [-0.1, -0.05) is 0 Å². The van der Waals surface area contributed by atoms with E-state index in [1.54, 1.807) is 6.20 Å². The van der Waals surface area contributed by atoms with Gasteiger partial charge < -0.3 is 14.4 Å². The van der Waals surface area contributed by atoms with Crippen molar-refractivity contribution in [1.82, 2.24) is 15.1 Å². The highest BCUT2D eigenvalue weighted by molar-refractivity contribution is 5.36. The Morgan fingerprint density at radius 2 is 2.36 bits per heavy atom. The first-order chi connectivity index (χ1) is 10.8. The van der Waals surface area contributed by atoms with E-state index in [1.165, 1.54) is 6.42 Å². The monoisotopic (exact) mass is 306 g/mol. The van der Waals surface area contributed by atoms with Crippen LogP contribution in [0.15, 0.2) is 18.3 Å². The minimum Gasteiger partial charge on any atom is -0.381 e. The number of morpholine rings is 1. The molecule has 22 heavy (non-hydrogen) atoms. The number of hydrogen-bond donors (Lipinski definition) is 0. The van der Waals surface area contributed by atoms with Crippen molar-refractivity contribution in [2.45, 2.75) is 19.4 Å². The first-order valence-electron chi connectivity index (χ1n) is 8.29. The second-order valence-electron chi connectivity index (χ2n) is 6.10. The Morgan fingerprint density at radius 1 is 1.41 bits per heavy atom. The molecule has 0 saturated carbocycles. The lowest BCUT2D eigenvalue weighted by Crippen LogP contribution is -2.49. The predicted octanol–water partition coefficient (Wildman–Crippen LogP) is 1.04. The Morgan fingerprint density at radius 3 is 3.09 bits per heavy atom. The lowest BCUT2D eigenvalue weighted by molar-refractivity contribution is -0.0288. The van der Waals surface area contributed by atoms with Crippen LogP contribution in [0.4, 0.5) is 5.82 Å². The van der Waals surface area contributed by atoms with Gasteiger partial charge in [0.2, 0.25) is 0 Å². The van der Waals surface area contributed by atoms with Gasteiger partial charge in [0.15, 0.2) is 5.82 Å². The maximum Gasteiger partial charge on any atom is 0.151 e. The molecule has 1 aromatic rings. The molecule has 0 N–H and O–H groups in total. The first kappa shape index (κ1) is 15.6. The number of hydrogen-bond acceptors (Lipinski definition) is 6. The lowest BCUT2D eigenvalue weighted by Gasteiger charge is -2.36. The van der Waals surface area contributed by atoms with Crippen LogP contribution in [-0.2, 0) is 9.47 Å². The quantitative estimate of drug-likeness (QED) is 0.783. The second kappa shape index (κ2) is 7.85. The van der Waals surface area contributed by atoms with Crippen LogP contribution in [0.3, 0.4) is 0 Å². The highest BCUT2D eigenvalue weighted by atomic mass is 16.5. The predicted molar refractivity (Wildman–Crippen MR) is 85.0 cm³/mol. The molecule has 0 bridgehead atoms. The van der Waals surface area contributed by atoms with Crippen LogP contribution >= 0.6 is 0 Å². The number of nitrogens with zero attached hydrogens (tertiary/aromatic N) is 4. The Bertz CT molecular complexity index is 439. The minimum atomic E-state index is 0.234. The summed E-state index contributed by atoms with van der Waals surface area (Å²) in [7, 11) is 0. The number of likely N-dealkylation sites (N-methyl/N-ethyl adjacent to an activating group) is 1. The lowest BCUT2D eigenvalue weighted by atomic mass is 10.1. The standard InChI is InChI=1S/C16H26N4O2/c1-2-20(16-4-3-6-17-18-16)12-15-11-19(7-9-22-15)10-14-5-8-21-13-14/h3-4,6,14-15H,2,5,7-13H2,1H3/t14-,15-/m0/s1. The van der Waals surface area contributed by atoms with Crippen molar-refractivity contribution in [2.24, 2.45) is 5.92 Å². The van der Waals surface area contributed by atoms with Crippen molar-refractivity contribution in [3.8, 4) is 0 Å². The van der Waals surface area contributed by atoms with E-state index in [2.05, 4.69) is 26.9 Å². The minimum absolute atomic E-state index is 0.234. The summed E-state index contributed by atoms with van der Waals surface area (Å²) in [5.41, 5.74) is 0. The third-order valence-electron chi connectivity index (χ3n) is 4.45. The zero-order valence-electron chi connectivity index (χ0n) is 13.4. The van der Waals surface area contributed by atoms with Crippen LogP contribution in [0.5, 0.6) is 0 Å². The molecular formula is C16H26N4O2. The molecule has 0 amide bonds. The van der Waals surface area contributed by atoms with Crippen LogP contribution in [0, 0.1) is 5.92 Å². The van der Waals surface area contributed by atoms with E-state index in [1.807, 2.05) is 12.1 Å². The summed E-state index contributed by atoms with van der Waals surface area (Å²) in [5.74, 6) is 1.62. The van der Waals surface area contributed by atoms with Crippen molar-refractivity contribution < 1.29 is 9.47 Å². The van der Waals surface area contributed by atoms with Gasteiger partial charge in [-0.3, -0.25) is 4.90 Å². The van der Waals surface area contributed by atoms with E-state index < -0.39 is 0 Å². The summed E-state index contributed by atoms with van der Waals surface area (Å²) >= 11 is 0. The van der Waals surface area contributed by atoms with E-state index in [9.17, 15) is 0 Å². The summed E-state index contributed by atoms with van der Waals surface area (Å²) < 4.78 is 11.4. The Hall–Kier alpha value is -1.24. The van der Waals surface area contributed by atoms with Crippen LogP contribution in [0.25, 0.3) is 0 Å². The van der Waals surface area contributed by atoms with Crippen molar-refractivity contribution in [3.63, 3.8) is 0 Å². The largest absolute Gasteiger partial charge is 0.381 e. The third kappa shape index (κ3) is 4.15. The molecule has 2 fully saturated rings. The average Bonchev–Trinajstić information content (AvgIpc) is 3.07. The molecule has 2 aliphatic rings. The molecule has 0 radical (unpaired) electrons. The number of anilines is 1. The average molecular weight is 306 g/mol. The first-order valence-corrected chi connectivity index (χ1v) is 8.29. The molecule has 0 unspecified atom stereocenters. The van der Waals surface area contributed by atoms with Crippen LogP contribution in [-0.4, -0.2) is 73.7 Å². The van der Waals surface area contributed by atoms with Crippen molar-refractivity contribution in [3.05, 3.63) is 18.3 Å². The summed E-state index contributed by atoms with van der Waals surface area (Å²) in [6.45, 7) is 9.75. The molecule has 3 heterocycles. The van der Waals surface area contributed by atoms with Gasteiger partial charge in [0.1, 0.15) is 0 Å². The Balaban J connectivity index is 1.52. The molecule has 2 saturated heterocycles. The molecule has 6 heteroatoms. The molecule has 2 atom stereocenters. The number of aromatic nitrogens is 2. The summed E-state index contributed by atoms with van der Waals surface area (Å²) in [5, 5.41) is 8.18. The zero-order valence-corrected chi connectivity index (χ0v) is 13.4. The fourth-order valence-corrected chi connectivity index (χ4v) is 3.24. The zero-order chi connectivity index (χ0) is 15.2. The van der Waals surface area contributed by atoms with Crippen molar-refractivity contribution >= 4 is 5.82 Å². The topological polar surface area (TPSA) is 50.7 Å². The molecule has 6 nitrogen and oxygen atoms in total. The highest BCUT2D eigenvalue weighted by Gasteiger charge is 2.26. The molecule has 1 aromatic heterocycles. The van der Waals surface area contributed by atoms with Gasteiger partial charge in [-0.05, 0) is 31.4 Å². The van der Waals surface area contributed by atoms with Crippen LogP contribution in [0.2, 0.25) is 0 Å². The maximum absolute atomic E-state index is 5.96. The summed E-state index contributed by atoms with van der Waals surface area (Å²) in [6, 6.07) is 3.94.